The normalized spacial score (nSPS) is 23.9. The van der Waals surface area contributed by atoms with Crippen molar-refractivity contribution in [1.29, 1.82) is 0 Å². The van der Waals surface area contributed by atoms with Crippen LogP contribution in [0.4, 0.5) is 0 Å². The fraction of sp³-hybridized carbons (Fsp3) is 0.611. The number of amides is 1. The van der Waals surface area contributed by atoms with Crippen molar-refractivity contribution in [1.82, 2.24) is 20.4 Å². The van der Waals surface area contributed by atoms with Gasteiger partial charge in [0.15, 0.2) is 0 Å². The Morgan fingerprint density at radius 3 is 2.92 bits per heavy atom. The lowest BCUT2D eigenvalue weighted by atomic mass is 10.0. The SMILES string of the molecule is Cc1noc2nc(C(C)C)cc(C(=O)N3CCC4CCC(C3)N4)c12. The van der Waals surface area contributed by atoms with Crippen LogP contribution in [0.2, 0.25) is 0 Å². The highest BCUT2D eigenvalue weighted by Crippen LogP contribution is 2.28. The van der Waals surface area contributed by atoms with Gasteiger partial charge in [0, 0.05) is 30.9 Å². The zero-order valence-corrected chi connectivity index (χ0v) is 14.5. The summed E-state index contributed by atoms with van der Waals surface area (Å²) < 4.78 is 5.35. The molecule has 2 aromatic heterocycles. The third-order valence-corrected chi connectivity index (χ3v) is 5.27. The van der Waals surface area contributed by atoms with Crippen LogP contribution >= 0.6 is 0 Å². The van der Waals surface area contributed by atoms with Crippen LogP contribution in [-0.2, 0) is 0 Å². The average Bonchev–Trinajstić information content (AvgIpc) is 3.08. The number of fused-ring (bicyclic) bond motifs is 3. The Balaban J connectivity index is 1.74. The van der Waals surface area contributed by atoms with Crippen molar-refractivity contribution in [3.05, 3.63) is 23.0 Å². The number of nitrogens with one attached hydrogen (secondary N) is 1. The summed E-state index contributed by atoms with van der Waals surface area (Å²) in [5.41, 5.74) is 2.75. The largest absolute Gasteiger partial charge is 0.337 e. The fourth-order valence-corrected chi connectivity index (χ4v) is 3.88. The van der Waals surface area contributed by atoms with E-state index in [1.54, 1.807) is 0 Å². The first-order chi connectivity index (χ1) is 11.5. The Hall–Kier alpha value is -1.95. The van der Waals surface area contributed by atoms with Crippen molar-refractivity contribution in [3.63, 3.8) is 0 Å². The van der Waals surface area contributed by atoms with E-state index in [-0.39, 0.29) is 11.8 Å². The van der Waals surface area contributed by atoms with Gasteiger partial charge in [0.1, 0.15) is 0 Å². The highest BCUT2D eigenvalue weighted by atomic mass is 16.5. The van der Waals surface area contributed by atoms with Crippen molar-refractivity contribution in [3.8, 4) is 0 Å². The van der Waals surface area contributed by atoms with E-state index in [2.05, 4.69) is 29.3 Å². The molecule has 0 aliphatic carbocycles. The van der Waals surface area contributed by atoms with Gasteiger partial charge in [-0.2, -0.15) is 0 Å². The molecule has 0 radical (unpaired) electrons. The monoisotopic (exact) mass is 328 g/mol. The minimum Gasteiger partial charge on any atom is -0.337 e. The molecule has 2 aromatic rings. The summed E-state index contributed by atoms with van der Waals surface area (Å²) in [5, 5.41) is 8.40. The van der Waals surface area contributed by atoms with Gasteiger partial charge in [0.05, 0.1) is 16.6 Å². The van der Waals surface area contributed by atoms with E-state index in [9.17, 15) is 4.79 Å². The van der Waals surface area contributed by atoms with Crippen LogP contribution in [0.15, 0.2) is 10.6 Å². The highest BCUT2D eigenvalue weighted by Gasteiger charge is 2.32. The second kappa shape index (κ2) is 5.84. The van der Waals surface area contributed by atoms with Crippen LogP contribution < -0.4 is 5.32 Å². The molecular formula is C18H24N4O2. The number of carbonyl (C=O) groups excluding carboxylic acids is 1. The van der Waals surface area contributed by atoms with E-state index in [0.717, 1.165) is 42.7 Å². The van der Waals surface area contributed by atoms with Crippen molar-refractivity contribution >= 4 is 17.0 Å². The first kappa shape index (κ1) is 15.6. The maximum absolute atomic E-state index is 13.3. The van der Waals surface area contributed by atoms with E-state index >= 15 is 0 Å². The molecular weight excluding hydrogens is 304 g/mol. The molecule has 0 aromatic carbocycles. The fourth-order valence-electron chi connectivity index (χ4n) is 3.88. The molecule has 128 valence electrons. The number of hydrogen-bond acceptors (Lipinski definition) is 5. The molecule has 2 fully saturated rings. The van der Waals surface area contributed by atoms with Gasteiger partial charge in [-0.3, -0.25) is 4.79 Å². The lowest BCUT2D eigenvalue weighted by molar-refractivity contribution is 0.0750. The molecule has 6 heteroatoms. The van der Waals surface area contributed by atoms with Crippen molar-refractivity contribution in [2.75, 3.05) is 13.1 Å². The summed E-state index contributed by atoms with van der Waals surface area (Å²) in [5.74, 6) is 0.304. The summed E-state index contributed by atoms with van der Waals surface area (Å²) in [6.07, 6.45) is 3.41. The van der Waals surface area contributed by atoms with Gasteiger partial charge in [-0.25, -0.2) is 4.98 Å². The summed E-state index contributed by atoms with van der Waals surface area (Å²) in [4.78, 5) is 19.8. The van der Waals surface area contributed by atoms with Gasteiger partial charge in [-0.1, -0.05) is 19.0 Å². The zero-order valence-electron chi connectivity index (χ0n) is 14.5. The van der Waals surface area contributed by atoms with E-state index < -0.39 is 0 Å². The van der Waals surface area contributed by atoms with Crippen LogP contribution in [0.5, 0.6) is 0 Å². The minimum atomic E-state index is 0.0740. The molecule has 24 heavy (non-hydrogen) atoms. The Bertz CT molecular complexity index is 783. The zero-order chi connectivity index (χ0) is 16.8. The van der Waals surface area contributed by atoms with E-state index in [1.165, 1.54) is 6.42 Å². The summed E-state index contributed by atoms with van der Waals surface area (Å²) in [7, 11) is 0. The molecule has 2 bridgehead atoms. The Labute approximate surface area is 141 Å². The maximum Gasteiger partial charge on any atom is 0.259 e. The second-order valence-electron chi connectivity index (χ2n) is 7.38. The molecule has 0 spiro atoms. The quantitative estimate of drug-likeness (QED) is 0.917. The third-order valence-electron chi connectivity index (χ3n) is 5.27. The van der Waals surface area contributed by atoms with Gasteiger partial charge < -0.3 is 14.7 Å². The molecule has 4 rings (SSSR count). The third kappa shape index (κ3) is 2.59. The molecule has 1 N–H and O–H groups in total. The maximum atomic E-state index is 13.3. The first-order valence-corrected chi connectivity index (χ1v) is 8.85. The van der Waals surface area contributed by atoms with Crippen molar-refractivity contribution < 1.29 is 9.32 Å². The van der Waals surface area contributed by atoms with Gasteiger partial charge in [0.2, 0.25) is 0 Å². The molecule has 4 heterocycles. The molecule has 2 atom stereocenters. The summed E-state index contributed by atoms with van der Waals surface area (Å²) >= 11 is 0. The number of pyridine rings is 1. The van der Waals surface area contributed by atoms with Gasteiger partial charge >= 0.3 is 0 Å². The summed E-state index contributed by atoms with van der Waals surface area (Å²) in [6.45, 7) is 7.59. The average molecular weight is 328 g/mol. The molecule has 2 unspecified atom stereocenters. The van der Waals surface area contributed by atoms with Gasteiger partial charge in [-0.05, 0) is 38.2 Å². The van der Waals surface area contributed by atoms with Crippen LogP contribution in [0.3, 0.4) is 0 Å². The van der Waals surface area contributed by atoms with E-state index in [0.29, 0.717) is 23.4 Å². The number of rotatable bonds is 2. The number of nitrogens with zero attached hydrogens (tertiary/aromatic N) is 3. The molecule has 0 saturated carbocycles. The number of hydrogen-bond donors (Lipinski definition) is 1. The Kier molecular flexibility index (Phi) is 3.79. The Morgan fingerprint density at radius 1 is 1.33 bits per heavy atom. The lowest BCUT2D eigenvalue weighted by Crippen LogP contribution is -2.39. The molecule has 6 nitrogen and oxygen atoms in total. The lowest BCUT2D eigenvalue weighted by Gasteiger charge is -2.25. The van der Waals surface area contributed by atoms with Crippen LogP contribution in [0.25, 0.3) is 11.1 Å². The Morgan fingerprint density at radius 2 is 2.12 bits per heavy atom. The van der Waals surface area contributed by atoms with E-state index in [4.69, 9.17) is 4.52 Å². The predicted molar refractivity (Wildman–Crippen MR) is 91.1 cm³/mol. The van der Waals surface area contributed by atoms with Crippen molar-refractivity contribution in [2.24, 2.45) is 0 Å². The molecule has 2 saturated heterocycles. The number of likely N-dealkylation sites (tertiary alicyclic amines) is 1. The smallest absolute Gasteiger partial charge is 0.259 e. The minimum absolute atomic E-state index is 0.0740. The van der Waals surface area contributed by atoms with Gasteiger partial charge in [0.25, 0.3) is 11.6 Å². The summed E-state index contributed by atoms with van der Waals surface area (Å²) in [6, 6.07) is 2.91. The van der Waals surface area contributed by atoms with Crippen molar-refractivity contribution in [2.45, 2.75) is 58.0 Å². The van der Waals surface area contributed by atoms with Gasteiger partial charge in [-0.15, -0.1) is 0 Å². The second-order valence-corrected chi connectivity index (χ2v) is 7.38. The number of carbonyl (C=O) groups is 1. The number of aryl methyl sites for hydroxylation is 1. The van der Waals surface area contributed by atoms with E-state index in [1.807, 2.05) is 17.9 Å². The standard InChI is InChI=1S/C18H24N4O2/c1-10(2)15-8-14(16-11(3)21-24-17(16)20-15)18(23)22-7-6-12-4-5-13(9-22)19-12/h8,10,12-13,19H,4-7,9H2,1-3H3. The van der Waals surface area contributed by atoms with Crippen LogP contribution in [-0.4, -0.2) is 46.1 Å². The first-order valence-electron chi connectivity index (χ1n) is 8.85. The topological polar surface area (TPSA) is 71.3 Å². The predicted octanol–water partition coefficient (Wildman–Crippen LogP) is 2.62. The van der Waals surface area contributed by atoms with Crippen LogP contribution in [0.1, 0.15) is 60.8 Å². The number of aromatic nitrogens is 2. The molecule has 1 amide bonds. The highest BCUT2D eigenvalue weighted by molar-refractivity contribution is 6.06. The van der Waals surface area contributed by atoms with Crippen LogP contribution in [0, 0.1) is 6.92 Å². The molecule has 2 aliphatic rings. The molecule has 2 aliphatic heterocycles.